The summed E-state index contributed by atoms with van der Waals surface area (Å²) in [4.78, 5) is 11.4. The molecule has 0 bridgehead atoms. The lowest BCUT2D eigenvalue weighted by molar-refractivity contribution is 0.0597. The molecule has 1 aliphatic carbocycles. The van der Waals surface area contributed by atoms with Crippen LogP contribution in [-0.4, -0.2) is 33.1 Å². The number of hydrogen-bond donors (Lipinski definition) is 2. The molecule has 1 saturated carbocycles. The van der Waals surface area contributed by atoms with Gasteiger partial charge in [0.2, 0.25) is 10.0 Å². The van der Waals surface area contributed by atoms with E-state index in [0.29, 0.717) is 12.5 Å². The number of carbonyl (C=O) groups excluding carboxylic acids is 1. The number of phenolic OH excluding ortho intramolecular Hbond substituents is 1. The molecule has 0 heterocycles. The lowest BCUT2D eigenvalue weighted by Crippen LogP contribution is -2.27. The number of aromatic hydroxyl groups is 1. The van der Waals surface area contributed by atoms with E-state index in [4.69, 9.17) is 0 Å². The highest BCUT2D eigenvalue weighted by atomic mass is 32.2. The normalized spacial score (nSPS) is 20.0. The zero-order valence-electron chi connectivity index (χ0n) is 12.2. The highest BCUT2D eigenvalue weighted by molar-refractivity contribution is 7.89. The number of esters is 1. The average Bonchev–Trinajstić information content (AvgIpc) is 3.03. The van der Waals surface area contributed by atoms with Gasteiger partial charge in [0.05, 0.1) is 12.0 Å². The third-order valence-electron chi connectivity index (χ3n) is 3.92. The lowest BCUT2D eigenvalue weighted by Gasteiger charge is -2.09. The summed E-state index contributed by atoms with van der Waals surface area (Å²) in [6, 6.07) is 3.53. The molecule has 2 N–H and O–H groups in total. The van der Waals surface area contributed by atoms with Crippen LogP contribution in [0.4, 0.5) is 0 Å². The highest BCUT2D eigenvalue weighted by Crippen LogP contribution is 2.51. The van der Waals surface area contributed by atoms with Crippen LogP contribution < -0.4 is 4.72 Å². The van der Waals surface area contributed by atoms with Crippen molar-refractivity contribution >= 4 is 16.0 Å². The van der Waals surface area contributed by atoms with E-state index in [2.05, 4.69) is 23.3 Å². The van der Waals surface area contributed by atoms with Crippen molar-refractivity contribution in [1.29, 1.82) is 0 Å². The molecule has 21 heavy (non-hydrogen) atoms. The quantitative estimate of drug-likeness (QED) is 0.804. The molecule has 2 rings (SSSR count). The molecule has 0 aromatic heterocycles. The number of benzene rings is 1. The van der Waals surface area contributed by atoms with E-state index in [1.165, 1.54) is 12.1 Å². The minimum atomic E-state index is -3.72. The minimum Gasteiger partial charge on any atom is -0.507 e. The maximum Gasteiger partial charge on any atom is 0.341 e. The molecule has 1 atom stereocenters. The van der Waals surface area contributed by atoms with Gasteiger partial charge in [0.25, 0.3) is 0 Å². The summed E-state index contributed by atoms with van der Waals surface area (Å²) in [5.74, 6) is -0.776. The first-order chi connectivity index (χ1) is 9.67. The second-order valence-electron chi connectivity index (χ2n) is 5.91. The van der Waals surface area contributed by atoms with Crippen LogP contribution in [0.5, 0.6) is 5.75 Å². The Kier molecular flexibility index (Phi) is 3.99. The standard InChI is InChI=1S/C14H19NO5S/c1-14(2)7-9(14)8-15-21(18,19)10-4-5-12(16)11(6-10)13(17)20-3/h4-6,9,15-16H,7-8H2,1-3H3. The highest BCUT2D eigenvalue weighted by Gasteiger charge is 2.45. The number of carbonyl (C=O) groups is 1. The third-order valence-corrected chi connectivity index (χ3v) is 5.34. The molecule has 6 nitrogen and oxygen atoms in total. The topological polar surface area (TPSA) is 92.7 Å². The van der Waals surface area contributed by atoms with E-state index in [0.717, 1.165) is 19.6 Å². The van der Waals surface area contributed by atoms with Crippen molar-refractivity contribution < 1.29 is 23.1 Å². The van der Waals surface area contributed by atoms with E-state index >= 15 is 0 Å². The third kappa shape index (κ3) is 3.36. The predicted molar refractivity (Wildman–Crippen MR) is 76.5 cm³/mol. The van der Waals surface area contributed by atoms with E-state index < -0.39 is 16.0 Å². The van der Waals surface area contributed by atoms with Gasteiger partial charge in [0.15, 0.2) is 0 Å². The Balaban J connectivity index is 2.18. The maximum absolute atomic E-state index is 12.2. The fourth-order valence-corrected chi connectivity index (χ4v) is 3.28. The number of ether oxygens (including phenoxy) is 1. The van der Waals surface area contributed by atoms with Gasteiger partial charge in [-0.05, 0) is 36.0 Å². The van der Waals surface area contributed by atoms with E-state index in [1.54, 1.807) is 0 Å². The molecule has 1 aliphatic rings. The van der Waals surface area contributed by atoms with Gasteiger partial charge in [0, 0.05) is 6.54 Å². The van der Waals surface area contributed by atoms with Crippen LogP contribution in [0.25, 0.3) is 0 Å². The largest absolute Gasteiger partial charge is 0.507 e. The van der Waals surface area contributed by atoms with Gasteiger partial charge in [-0.2, -0.15) is 0 Å². The van der Waals surface area contributed by atoms with E-state index in [9.17, 15) is 18.3 Å². The summed E-state index contributed by atoms with van der Waals surface area (Å²) in [6.07, 6.45) is 0.985. The molecule has 0 radical (unpaired) electrons. The fraction of sp³-hybridized carbons (Fsp3) is 0.500. The van der Waals surface area contributed by atoms with Crippen molar-refractivity contribution in [2.24, 2.45) is 11.3 Å². The molecule has 0 amide bonds. The number of sulfonamides is 1. The number of phenols is 1. The Morgan fingerprint density at radius 3 is 2.62 bits per heavy atom. The van der Waals surface area contributed by atoms with Crippen LogP contribution in [0.15, 0.2) is 23.1 Å². The molecule has 0 saturated heterocycles. The first-order valence-electron chi connectivity index (χ1n) is 6.58. The Hall–Kier alpha value is -1.60. The van der Waals surface area contributed by atoms with Crippen molar-refractivity contribution in [3.63, 3.8) is 0 Å². The van der Waals surface area contributed by atoms with Gasteiger partial charge in [-0.3, -0.25) is 0 Å². The molecule has 1 fully saturated rings. The summed E-state index contributed by atoms with van der Waals surface area (Å²) in [6.45, 7) is 4.54. The van der Waals surface area contributed by atoms with E-state index in [-0.39, 0.29) is 21.6 Å². The van der Waals surface area contributed by atoms with Gasteiger partial charge in [-0.15, -0.1) is 0 Å². The molecule has 7 heteroatoms. The Labute approximate surface area is 124 Å². The monoisotopic (exact) mass is 313 g/mol. The van der Waals surface area contributed by atoms with Gasteiger partial charge in [-0.1, -0.05) is 13.8 Å². The van der Waals surface area contributed by atoms with Crippen LogP contribution in [0.3, 0.4) is 0 Å². The summed E-state index contributed by atoms with van der Waals surface area (Å²) in [7, 11) is -2.55. The summed E-state index contributed by atoms with van der Waals surface area (Å²) < 4.78 is 31.5. The maximum atomic E-state index is 12.2. The second kappa shape index (κ2) is 5.31. The van der Waals surface area contributed by atoms with Crippen LogP contribution in [0.1, 0.15) is 30.6 Å². The molecule has 1 unspecified atom stereocenters. The summed E-state index contributed by atoms with van der Waals surface area (Å²) in [5.41, 5.74) is 0.00129. The zero-order valence-corrected chi connectivity index (χ0v) is 13.0. The Bertz CT molecular complexity index is 666. The first-order valence-corrected chi connectivity index (χ1v) is 8.07. The molecule has 0 aliphatic heterocycles. The Morgan fingerprint density at radius 2 is 2.10 bits per heavy atom. The fourth-order valence-electron chi connectivity index (χ4n) is 2.17. The van der Waals surface area contributed by atoms with Gasteiger partial charge >= 0.3 is 5.97 Å². The van der Waals surface area contributed by atoms with E-state index in [1.807, 2.05) is 0 Å². The molecule has 1 aromatic carbocycles. The van der Waals surface area contributed by atoms with Crippen molar-refractivity contribution in [1.82, 2.24) is 4.72 Å². The van der Waals surface area contributed by atoms with Crippen molar-refractivity contribution in [2.45, 2.75) is 25.2 Å². The lowest BCUT2D eigenvalue weighted by atomic mass is 10.1. The molecule has 0 spiro atoms. The van der Waals surface area contributed by atoms with Crippen LogP contribution in [0.2, 0.25) is 0 Å². The average molecular weight is 313 g/mol. The number of nitrogens with one attached hydrogen (secondary N) is 1. The smallest absolute Gasteiger partial charge is 0.341 e. The minimum absolute atomic E-state index is 0.0702. The second-order valence-corrected chi connectivity index (χ2v) is 7.68. The Morgan fingerprint density at radius 1 is 1.48 bits per heavy atom. The molecule has 116 valence electrons. The zero-order chi connectivity index (χ0) is 15.8. The van der Waals surface area contributed by atoms with Gasteiger partial charge in [-0.25, -0.2) is 17.9 Å². The van der Waals surface area contributed by atoms with Crippen LogP contribution in [0, 0.1) is 11.3 Å². The number of rotatable bonds is 5. The molecular weight excluding hydrogens is 294 g/mol. The molecule has 1 aromatic rings. The SMILES string of the molecule is COC(=O)c1cc(S(=O)(=O)NCC2CC2(C)C)ccc1O. The van der Waals surface area contributed by atoms with Crippen molar-refractivity contribution in [2.75, 3.05) is 13.7 Å². The van der Waals surface area contributed by atoms with Crippen molar-refractivity contribution in [3.05, 3.63) is 23.8 Å². The van der Waals surface area contributed by atoms with Crippen LogP contribution >= 0.6 is 0 Å². The number of methoxy groups -OCH3 is 1. The predicted octanol–water partition coefficient (Wildman–Crippen LogP) is 1.50. The van der Waals surface area contributed by atoms with Gasteiger partial charge in [0.1, 0.15) is 11.3 Å². The molecular formula is C14H19NO5S. The van der Waals surface area contributed by atoms with Crippen LogP contribution in [-0.2, 0) is 14.8 Å². The van der Waals surface area contributed by atoms with Gasteiger partial charge < -0.3 is 9.84 Å². The first kappa shape index (κ1) is 15.8. The number of hydrogen-bond acceptors (Lipinski definition) is 5. The van der Waals surface area contributed by atoms with Crippen molar-refractivity contribution in [3.8, 4) is 5.75 Å². The summed E-state index contributed by atoms with van der Waals surface area (Å²) >= 11 is 0. The summed E-state index contributed by atoms with van der Waals surface area (Å²) in [5, 5.41) is 9.58.